The number of hydrogen-bond donors (Lipinski definition) is 0. The number of aromatic nitrogens is 2. The maximum atomic E-state index is 11.5. The average Bonchev–Trinajstić information content (AvgIpc) is 2.15. The lowest BCUT2D eigenvalue weighted by Gasteiger charge is -2.04. The highest BCUT2D eigenvalue weighted by atomic mass is 16.1. The fourth-order valence-electron chi connectivity index (χ4n) is 1.44. The molecule has 0 spiro atoms. The van der Waals surface area contributed by atoms with Gasteiger partial charge >= 0.3 is 0 Å². The summed E-state index contributed by atoms with van der Waals surface area (Å²) in [5.41, 5.74) is 2.51. The maximum absolute atomic E-state index is 11.5. The van der Waals surface area contributed by atoms with E-state index >= 15 is 0 Å². The lowest BCUT2D eigenvalue weighted by molar-refractivity contribution is 0.890. The first-order chi connectivity index (χ1) is 6.20. The number of aryl methyl sites for hydroxylation is 2. The highest BCUT2D eigenvalue weighted by Gasteiger charge is 2.01. The molecule has 0 aromatic carbocycles. The van der Waals surface area contributed by atoms with Gasteiger partial charge in [-0.25, -0.2) is 0 Å². The van der Waals surface area contributed by atoms with Crippen LogP contribution < -0.4 is 5.56 Å². The summed E-state index contributed by atoms with van der Waals surface area (Å²) >= 11 is 0. The van der Waals surface area contributed by atoms with Crippen molar-refractivity contribution < 1.29 is 0 Å². The zero-order valence-corrected chi connectivity index (χ0v) is 7.61. The molecule has 0 unspecified atom stereocenters. The topological polar surface area (TPSA) is 34.9 Å². The molecule has 66 valence electrons. The predicted octanol–water partition coefficient (Wildman–Crippen LogP) is 1.24. The SMILES string of the molecule is Cc1cc2ncccc2n(C)c1=O. The first kappa shape index (κ1) is 7.98. The first-order valence-corrected chi connectivity index (χ1v) is 4.11. The third-order valence-corrected chi connectivity index (χ3v) is 2.17. The number of hydrogen-bond acceptors (Lipinski definition) is 2. The maximum Gasteiger partial charge on any atom is 0.253 e. The van der Waals surface area contributed by atoms with E-state index in [1.807, 2.05) is 18.2 Å². The van der Waals surface area contributed by atoms with Crippen molar-refractivity contribution in [2.24, 2.45) is 7.05 Å². The number of pyridine rings is 2. The monoisotopic (exact) mass is 174 g/mol. The van der Waals surface area contributed by atoms with E-state index < -0.39 is 0 Å². The Balaban J connectivity index is 3.02. The van der Waals surface area contributed by atoms with Gasteiger partial charge in [0, 0.05) is 18.8 Å². The van der Waals surface area contributed by atoms with Crippen molar-refractivity contribution in [1.29, 1.82) is 0 Å². The van der Waals surface area contributed by atoms with E-state index in [4.69, 9.17) is 0 Å². The molecule has 0 fully saturated rings. The molecule has 2 aromatic rings. The van der Waals surface area contributed by atoms with Gasteiger partial charge in [-0.05, 0) is 25.1 Å². The summed E-state index contributed by atoms with van der Waals surface area (Å²) in [6.07, 6.45) is 1.73. The van der Waals surface area contributed by atoms with Crippen LogP contribution in [0.25, 0.3) is 11.0 Å². The molecule has 3 nitrogen and oxygen atoms in total. The van der Waals surface area contributed by atoms with Crippen LogP contribution in [0.3, 0.4) is 0 Å². The Morgan fingerprint density at radius 1 is 1.46 bits per heavy atom. The summed E-state index contributed by atoms with van der Waals surface area (Å²) in [5, 5.41) is 0. The molecular weight excluding hydrogens is 164 g/mol. The second-order valence-corrected chi connectivity index (χ2v) is 3.10. The Morgan fingerprint density at radius 3 is 3.00 bits per heavy atom. The minimum absolute atomic E-state index is 0.0421. The largest absolute Gasteiger partial charge is 0.310 e. The van der Waals surface area contributed by atoms with Gasteiger partial charge in [0.25, 0.3) is 5.56 Å². The highest BCUT2D eigenvalue weighted by Crippen LogP contribution is 2.07. The van der Waals surface area contributed by atoms with E-state index in [0.717, 1.165) is 16.6 Å². The minimum Gasteiger partial charge on any atom is -0.310 e. The quantitative estimate of drug-likeness (QED) is 0.602. The third kappa shape index (κ3) is 1.13. The lowest BCUT2D eigenvalue weighted by Crippen LogP contribution is -2.19. The second kappa shape index (κ2) is 2.69. The first-order valence-electron chi connectivity index (χ1n) is 4.11. The standard InChI is InChI=1S/C10H10N2O/c1-7-6-8-9(4-3-5-11-8)12(2)10(7)13/h3-6H,1-2H3. The van der Waals surface area contributed by atoms with E-state index in [-0.39, 0.29) is 5.56 Å². The molecule has 0 saturated heterocycles. The molecule has 0 atom stereocenters. The van der Waals surface area contributed by atoms with E-state index in [1.165, 1.54) is 0 Å². The van der Waals surface area contributed by atoms with Gasteiger partial charge < -0.3 is 4.57 Å². The van der Waals surface area contributed by atoms with Gasteiger partial charge in [-0.1, -0.05) is 0 Å². The van der Waals surface area contributed by atoms with Crippen LogP contribution in [0.4, 0.5) is 0 Å². The van der Waals surface area contributed by atoms with Gasteiger partial charge in [0.05, 0.1) is 11.0 Å². The molecule has 0 aliphatic carbocycles. The molecule has 0 amide bonds. The zero-order chi connectivity index (χ0) is 9.42. The Bertz CT molecular complexity index is 514. The van der Waals surface area contributed by atoms with E-state index in [9.17, 15) is 4.79 Å². The summed E-state index contributed by atoms with van der Waals surface area (Å²) in [6.45, 7) is 1.80. The summed E-state index contributed by atoms with van der Waals surface area (Å²) in [4.78, 5) is 15.7. The molecule has 2 aromatic heterocycles. The third-order valence-electron chi connectivity index (χ3n) is 2.17. The van der Waals surface area contributed by atoms with Crippen LogP contribution in [0, 0.1) is 6.92 Å². The number of rotatable bonds is 0. The smallest absolute Gasteiger partial charge is 0.253 e. The average molecular weight is 174 g/mol. The molecule has 0 radical (unpaired) electrons. The molecular formula is C10H10N2O. The molecule has 0 aliphatic heterocycles. The molecule has 13 heavy (non-hydrogen) atoms. The summed E-state index contributed by atoms with van der Waals surface area (Å²) in [7, 11) is 1.76. The van der Waals surface area contributed by atoms with Gasteiger partial charge in [-0.15, -0.1) is 0 Å². The van der Waals surface area contributed by atoms with Gasteiger partial charge in [-0.2, -0.15) is 0 Å². The Hall–Kier alpha value is -1.64. The predicted molar refractivity (Wildman–Crippen MR) is 51.7 cm³/mol. The van der Waals surface area contributed by atoms with Crippen LogP contribution in [0.5, 0.6) is 0 Å². The second-order valence-electron chi connectivity index (χ2n) is 3.10. The molecule has 2 heterocycles. The number of nitrogens with zero attached hydrogens (tertiary/aromatic N) is 2. The van der Waals surface area contributed by atoms with Crippen LogP contribution in [-0.4, -0.2) is 9.55 Å². The van der Waals surface area contributed by atoms with Crippen LogP contribution >= 0.6 is 0 Å². The van der Waals surface area contributed by atoms with Crippen molar-refractivity contribution in [3.8, 4) is 0 Å². The highest BCUT2D eigenvalue weighted by molar-refractivity contribution is 5.74. The summed E-state index contributed by atoms with van der Waals surface area (Å²) in [5.74, 6) is 0. The zero-order valence-electron chi connectivity index (χ0n) is 7.61. The van der Waals surface area contributed by atoms with Crippen molar-refractivity contribution in [1.82, 2.24) is 9.55 Å². The van der Waals surface area contributed by atoms with Crippen molar-refractivity contribution in [2.45, 2.75) is 6.92 Å². The summed E-state index contributed by atoms with van der Waals surface area (Å²) in [6, 6.07) is 5.54. The van der Waals surface area contributed by atoms with Gasteiger partial charge in [0.15, 0.2) is 0 Å². The molecule has 0 saturated carbocycles. The Morgan fingerprint density at radius 2 is 2.23 bits per heavy atom. The van der Waals surface area contributed by atoms with Gasteiger partial charge in [0.2, 0.25) is 0 Å². The van der Waals surface area contributed by atoms with Crippen molar-refractivity contribution in [3.05, 3.63) is 40.3 Å². The van der Waals surface area contributed by atoms with Gasteiger partial charge in [-0.3, -0.25) is 9.78 Å². The van der Waals surface area contributed by atoms with Crippen LogP contribution in [0.1, 0.15) is 5.56 Å². The fourth-order valence-corrected chi connectivity index (χ4v) is 1.44. The Labute approximate surface area is 75.7 Å². The van der Waals surface area contributed by atoms with Crippen LogP contribution in [-0.2, 0) is 7.05 Å². The van der Waals surface area contributed by atoms with Crippen LogP contribution in [0.15, 0.2) is 29.2 Å². The molecule has 0 bridgehead atoms. The molecule has 0 N–H and O–H groups in total. The van der Waals surface area contributed by atoms with Crippen molar-refractivity contribution in [3.63, 3.8) is 0 Å². The molecule has 0 aliphatic rings. The Kier molecular flexibility index (Phi) is 1.65. The normalized spacial score (nSPS) is 10.6. The van der Waals surface area contributed by atoms with Gasteiger partial charge in [0.1, 0.15) is 0 Å². The molecule has 2 rings (SSSR count). The minimum atomic E-state index is 0.0421. The number of fused-ring (bicyclic) bond motifs is 1. The van der Waals surface area contributed by atoms with E-state index in [1.54, 1.807) is 24.7 Å². The van der Waals surface area contributed by atoms with E-state index in [0.29, 0.717) is 0 Å². The fraction of sp³-hybridized carbons (Fsp3) is 0.200. The van der Waals surface area contributed by atoms with E-state index in [2.05, 4.69) is 4.98 Å². The van der Waals surface area contributed by atoms with Crippen LogP contribution in [0.2, 0.25) is 0 Å². The molecule has 3 heteroatoms. The summed E-state index contributed by atoms with van der Waals surface area (Å²) < 4.78 is 1.62. The van der Waals surface area contributed by atoms with Crippen molar-refractivity contribution in [2.75, 3.05) is 0 Å². The van der Waals surface area contributed by atoms with Crippen molar-refractivity contribution >= 4 is 11.0 Å². The lowest BCUT2D eigenvalue weighted by atomic mass is 10.2.